The summed E-state index contributed by atoms with van der Waals surface area (Å²) in [5.74, 6) is 0. The van der Waals surface area contributed by atoms with E-state index < -0.39 is 6.10 Å². The maximum atomic E-state index is 10.3. The van der Waals surface area contributed by atoms with Crippen molar-refractivity contribution in [2.45, 2.75) is 39.3 Å². The van der Waals surface area contributed by atoms with Crippen LogP contribution in [-0.4, -0.2) is 24.7 Å². The van der Waals surface area contributed by atoms with Crippen LogP contribution in [-0.2, 0) is 0 Å². The van der Waals surface area contributed by atoms with E-state index in [1.54, 1.807) is 0 Å². The van der Waals surface area contributed by atoms with Crippen LogP contribution < -0.4 is 11.1 Å². The number of hydrogen-bond acceptors (Lipinski definition) is 3. The Balaban J connectivity index is 2.91. The average molecular weight is 236 g/mol. The molecule has 1 aromatic carbocycles. The second-order valence-corrected chi connectivity index (χ2v) is 4.81. The zero-order valence-electron chi connectivity index (χ0n) is 11.2. The summed E-state index contributed by atoms with van der Waals surface area (Å²) < 4.78 is 0. The molecule has 0 saturated carbocycles. The number of hydrogen-bond donors (Lipinski definition) is 3. The maximum absolute atomic E-state index is 10.3. The van der Waals surface area contributed by atoms with Crippen molar-refractivity contribution in [3.63, 3.8) is 0 Å². The minimum Gasteiger partial charge on any atom is -0.387 e. The Bertz CT molecular complexity index is 353. The van der Waals surface area contributed by atoms with Gasteiger partial charge in [-0.3, -0.25) is 0 Å². The molecule has 17 heavy (non-hydrogen) atoms. The summed E-state index contributed by atoms with van der Waals surface area (Å²) in [5.41, 5.74) is 10.5. The predicted molar refractivity (Wildman–Crippen MR) is 72.1 cm³/mol. The number of nitrogens with two attached hydrogens (primary N) is 1. The van der Waals surface area contributed by atoms with Gasteiger partial charge < -0.3 is 16.2 Å². The van der Waals surface area contributed by atoms with Gasteiger partial charge in [0.1, 0.15) is 0 Å². The van der Waals surface area contributed by atoms with Crippen LogP contribution in [0.15, 0.2) is 12.1 Å². The third kappa shape index (κ3) is 3.53. The van der Waals surface area contributed by atoms with Crippen LogP contribution in [0.2, 0.25) is 0 Å². The summed E-state index contributed by atoms with van der Waals surface area (Å²) in [6.45, 7) is 6.95. The molecular formula is C14H24N2O. The van der Waals surface area contributed by atoms with Gasteiger partial charge >= 0.3 is 0 Å². The zero-order valence-corrected chi connectivity index (χ0v) is 11.2. The standard InChI is InChI=1S/C14H24N2O/c1-9-7-10(2)13(11(3)8-9)14(17)12(15)5-6-16-4/h7-8,12,14,16-17H,5-6,15H2,1-4H3. The van der Waals surface area contributed by atoms with Crippen LogP contribution in [0, 0.1) is 20.8 Å². The van der Waals surface area contributed by atoms with Crippen LogP contribution in [0.4, 0.5) is 0 Å². The van der Waals surface area contributed by atoms with Crippen LogP contribution in [0.25, 0.3) is 0 Å². The minimum absolute atomic E-state index is 0.220. The van der Waals surface area contributed by atoms with Crippen molar-refractivity contribution in [2.75, 3.05) is 13.6 Å². The molecule has 0 aliphatic rings. The molecule has 0 saturated heterocycles. The van der Waals surface area contributed by atoms with Crippen LogP contribution in [0.1, 0.15) is 34.8 Å². The van der Waals surface area contributed by atoms with Gasteiger partial charge in [0, 0.05) is 6.04 Å². The van der Waals surface area contributed by atoms with Crippen LogP contribution in [0.3, 0.4) is 0 Å². The van der Waals surface area contributed by atoms with Crippen LogP contribution in [0.5, 0.6) is 0 Å². The normalized spacial score (nSPS) is 14.7. The Morgan fingerprint density at radius 2 is 1.76 bits per heavy atom. The number of aliphatic hydroxyl groups is 1. The smallest absolute Gasteiger partial charge is 0.0946 e. The van der Waals surface area contributed by atoms with E-state index in [0.29, 0.717) is 0 Å². The van der Waals surface area contributed by atoms with Gasteiger partial charge in [-0.15, -0.1) is 0 Å². The summed E-state index contributed by atoms with van der Waals surface area (Å²) in [4.78, 5) is 0. The Morgan fingerprint density at radius 1 is 1.24 bits per heavy atom. The van der Waals surface area contributed by atoms with Crippen molar-refractivity contribution >= 4 is 0 Å². The lowest BCUT2D eigenvalue weighted by molar-refractivity contribution is 0.141. The van der Waals surface area contributed by atoms with Gasteiger partial charge in [-0.2, -0.15) is 0 Å². The highest BCUT2D eigenvalue weighted by atomic mass is 16.3. The second-order valence-electron chi connectivity index (χ2n) is 4.81. The Labute approximate surface area is 104 Å². The average Bonchev–Trinajstić information content (AvgIpc) is 2.24. The zero-order chi connectivity index (χ0) is 13.0. The highest BCUT2D eigenvalue weighted by molar-refractivity contribution is 5.39. The molecule has 3 heteroatoms. The number of benzene rings is 1. The lowest BCUT2D eigenvalue weighted by Crippen LogP contribution is -2.32. The van der Waals surface area contributed by atoms with Gasteiger partial charge in [0.15, 0.2) is 0 Å². The van der Waals surface area contributed by atoms with Gasteiger partial charge in [-0.05, 0) is 57.5 Å². The van der Waals surface area contributed by atoms with Crippen molar-refractivity contribution < 1.29 is 5.11 Å². The highest BCUT2D eigenvalue weighted by Gasteiger charge is 2.20. The van der Waals surface area contributed by atoms with Crippen molar-refractivity contribution in [1.29, 1.82) is 0 Å². The maximum Gasteiger partial charge on any atom is 0.0946 e. The monoisotopic (exact) mass is 236 g/mol. The second kappa shape index (κ2) is 6.15. The van der Waals surface area contributed by atoms with Crippen molar-refractivity contribution in [2.24, 2.45) is 5.73 Å². The molecule has 0 aliphatic heterocycles. The summed E-state index contributed by atoms with van der Waals surface area (Å²) in [7, 11) is 1.89. The molecule has 2 unspecified atom stereocenters. The molecule has 0 aliphatic carbocycles. The molecule has 0 radical (unpaired) electrons. The van der Waals surface area contributed by atoms with Gasteiger partial charge in [0.2, 0.25) is 0 Å². The van der Waals surface area contributed by atoms with Gasteiger partial charge in [-0.25, -0.2) is 0 Å². The van der Waals surface area contributed by atoms with E-state index >= 15 is 0 Å². The summed E-state index contributed by atoms with van der Waals surface area (Å²) in [5, 5.41) is 13.4. The minimum atomic E-state index is -0.580. The lowest BCUT2D eigenvalue weighted by atomic mass is 9.91. The SMILES string of the molecule is CNCCC(N)C(O)c1c(C)cc(C)cc1C. The van der Waals surface area contributed by atoms with Crippen LogP contribution >= 0.6 is 0 Å². The number of nitrogens with one attached hydrogen (secondary N) is 1. The van der Waals surface area contributed by atoms with Gasteiger partial charge in [-0.1, -0.05) is 17.7 Å². The third-order valence-corrected chi connectivity index (χ3v) is 3.17. The van der Waals surface area contributed by atoms with E-state index in [-0.39, 0.29) is 6.04 Å². The molecule has 0 spiro atoms. The molecule has 3 nitrogen and oxygen atoms in total. The van der Waals surface area contributed by atoms with E-state index in [4.69, 9.17) is 5.73 Å². The van der Waals surface area contributed by atoms with Gasteiger partial charge in [0.05, 0.1) is 6.10 Å². The Hall–Kier alpha value is -0.900. The quantitative estimate of drug-likeness (QED) is 0.727. The molecule has 1 aromatic rings. The fraction of sp³-hybridized carbons (Fsp3) is 0.571. The number of rotatable bonds is 5. The molecule has 4 N–H and O–H groups in total. The first-order valence-electron chi connectivity index (χ1n) is 6.13. The number of aryl methyl sites for hydroxylation is 3. The van der Waals surface area contributed by atoms with Crippen molar-refractivity contribution in [3.8, 4) is 0 Å². The number of aliphatic hydroxyl groups excluding tert-OH is 1. The molecule has 0 aromatic heterocycles. The molecule has 0 fully saturated rings. The highest BCUT2D eigenvalue weighted by Crippen LogP contribution is 2.26. The first-order valence-corrected chi connectivity index (χ1v) is 6.13. The van der Waals surface area contributed by atoms with E-state index in [9.17, 15) is 5.11 Å². The summed E-state index contributed by atoms with van der Waals surface area (Å²) in [6.07, 6.45) is 0.189. The first kappa shape index (κ1) is 14.2. The summed E-state index contributed by atoms with van der Waals surface area (Å²) >= 11 is 0. The Morgan fingerprint density at radius 3 is 2.24 bits per heavy atom. The van der Waals surface area contributed by atoms with Gasteiger partial charge in [0.25, 0.3) is 0 Å². The molecule has 2 atom stereocenters. The molecule has 96 valence electrons. The molecular weight excluding hydrogens is 212 g/mol. The largest absolute Gasteiger partial charge is 0.387 e. The topological polar surface area (TPSA) is 58.3 Å². The third-order valence-electron chi connectivity index (χ3n) is 3.17. The molecule has 0 amide bonds. The Kier molecular flexibility index (Phi) is 5.12. The van der Waals surface area contributed by atoms with Crippen molar-refractivity contribution in [3.05, 3.63) is 34.4 Å². The fourth-order valence-corrected chi connectivity index (χ4v) is 2.34. The van der Waals surface area contributed by atoms with E-state index in [0.717, 1.165) is 29.7 Å². The van der Waals surface area contributed by atoms with E-state index in [2.05, 4.69) is 24.4 Å². The molecule has 0 heterocycles. The molecule has 0 bridgehead atoms. The first-order chi connectivity index (χ1) is 7.97. The summed E-state index contributed by atoms with van der Waals surface area (Å²) in [6, 6.07) is 3.97. The predicted octanol–water partition coefficient (Wildman–Crippen LogP) is 1.58. The molecule has 1 rings (SSSR count). The lowest BCUT2D eigenvalue weighted by Gasteiger charge is -2.23. The van der Waals surface area contributed by atoms with Crippen molar-refractivity contribution in [1.82, 2.24) is 5.32 Å². The fourth-order valence-electron chi connectivity index (χ4n) is 2.34. The van der Waals surface area contributed by atoms with E-state index in [1.165, 1.54) is 5.56 Å². The van der Waals surface area contributed by atoms with E-state index in [1.807, 2.05) is 20.9 Å².